The van der Waals surface area contributed by atoms with Gasteiger partial charge < -0.3 is 19.3 Å². The lowest BCUT2D eigenvalue weighted by Gasteiger charge is -2.24. The lowest BCUT2D eigenvalue weighted by molar-refractivity contribution is -0.142. The topological polar surface area (TPSA) is 65.0 Å². The number of hydrogen-bond acceptors (Lipinski definition) is 5. The smallest absolute Gasteiger partial charge is 0.329 e. The van der Waals surface area contributed by atoms with Gasteiger partial charge in [0.2, 0.25) is 0 Å². The van der Waals surface area contributed by atoms with Crippen LogP contribution < -0.4 is 9.47 Å². The fourth-order valence-corrected chi connectivity index (χ4v) is 2.25. The zero-order valence-electron chi connectivity index (χ0n) is 9.26. The lowest BCUT2D eigenvalue weighted by Crippen LogP contribution is -2.28. The minimum atomic E-state index is -0.940. The normalized spacial score (nSPS) is 18.0. The molecule has 1 aromatic rings. The van der Waals surface area contributed by atoms with E-state index in [2.05, 4.69) is 0 Å². The summed E-state index contributed by atoms with van der Waals surface area (Å²) in [5.41, 5.74) is 0. The fourth-order valence-electron chi connectivity index (χ4n) is 1.58. The van der Waals surface area contributed by atoms with Crippen LogP contribution in [-0.2, 0) is 9.53 Å². The third-order valence-corrected chi connectivity index (χ3v) is 3.05. The highest BCUT2D eigenvalue weighted by Gasteiger charge is 2.21. The Morgan fingerprint density at radius 3 is 3.18 bits per heavy atom. The van der Waals surface area contributed by atoms with Gasteiger partial charge in [0.1, 0.15) is 19.3 Å². The average Bonchev–Trinajstić information content (AvgIpc) is 2.75. The van der Waals surface area contributed by atoms with Crippen molar-refractivity contribution in [1.82, 2.24) is 0 Å². The van der Waals surface area contributed by atoms with Crippen LogP contribution in [0.5, 0.6) is 11.5 Å². The lowest BCUT2D eigenvalue weighted by atomic mass is 10.2. The van der Waals surface area contributed by atoms with Gasteiger partial charge in [-0.1, -0.05) is 0 Å². The third-order valence-electron chi connectivity index (χ3n) is 2.35. The summed E-state index contributed by atoms with van der Waals surface area (Å²) in [5.74, 6) is 0.677. The molecule has 94 valence electrons. The van der Waals surface area contributed by atoms with Crippen LogP contribution >= 0.6 is 11.3 Å². The van der Waals surface area contributed by atoms with Crippen LogP contribution in [0.15, 0.2) is 10.8 Å². The molecule has 6 heteroatoms. The largest absolute Gasteiger partial charge is 0.485 e. The van der Waals surface area contributed by atoms with E-state index in [1.54, 1.807) is 11.3 Å². The Hall–Kier alpha value is -1.27. The second-order valence-electron chi connectivity index (χ2n) is 3.74. The average molecular weight is 258 g/mol. The molecule has 1 N–H and O–H groups in total. The maximum Gasteiger partial charge on any atom is 0.329 e. The summed E-state index contributed by atoms with van der Waals surface area (Å²) in [6.45, 7) is 0.738. The first-order chi connectivity index (χ1) is 8.25. The molecule has 17 heavy (non-hydrogen) atoms. The van der Waals surface area contributed by atoms with Crippen LogP contribution in [0.2, 0.25) is 0 Å². The molecule has 1 aromatic heterocycles. The first kappa shape index (κ1) is 12.2. The van der Waals surface area contributed by atoms with Gasteiger partial charge in [-0.05, 0) is 12.8 Å². The van der Waals surface area contributed by atoms with Crippen molar-refractivity contribution in [3.63, 3.8) is 0 Å². The molecule has 1 aliphatic rings. The van der Waals surface area contributed by atoms with Crippen LogP contribution in [0.4, 0.5) is 0 Å². The monoisotopic (exact) mass is 258 g/mol. The molecule has 5 nitrogen and oxygen atoms in total. The fraction of sp³-hybridized carbons (Fsp3) is 0.545. The van der Waals surface area contributed by atoms with Crippen molar-refractivity contribution in [2.75, 3.05) is 19.8 Å². The predicted molar refractivity (Wildman–Crippen MR) is 61.9 cm³/mol. The minimum absolute atomic E-state index is 0.0329. The molecule has 0 aliphatic carbocycles. The van der Waals surface area contributed by atoms with Gasteiger partial charge in [0, 0.05) is 17.4 Å². The first-order valence-electron chi connectivity index (χ1n) is 5.41. The van der Waals surface area contributed by atoms with E-state index in [9.17, 15) is 4.79 Å². The molecule has 0 spiro atoms. The number of carbonyl (C=O) groups is 1. The van der Waals surface area contributed by atoms with Crippen molar-refractivity contribution >= 4 is 17.3 Å². The Labute approximate surface area is 103 Å². The molecular weight excluding hydrogens is 244 g/mol. The molecule has 0 aromatic carbocycles. The number of ether oxygens (including phenoxy) is 3. The van der Waals surface area contributed by atoms with Gasteiger partial charge in [-0.25, -0.2) is 4.79 Å². The Morgan fingerprint density at radius 2 is 2.35 bits per heavy atom. The Bertz CT molecular complexity index is 376. The van der Waals surface area contributed by atoms with E-state index < -0.39 is 5.97 Å². The van der Waals surface area contributed by atoms with Gasteiger partial charge in [-0.2, -0.15) is 0 Å². The second kappa shape index (κ2) is 5.88. The predicted octanol–water partition coefficient (Wildman–Crippen LogP) is 1.77. The molecule has 0 saturated carbocycles. The van der Waals surface area contributed by atoms with Gasteiger partial charge in [0.25, 0.3) is 0 Å². The zero-order chi connectivity index (χ0) is 12.1. The number of fused-ring (bicyclic) bond motifs is 1. The van der Waals surface area contributed by atoms with Crippen molar-refractivity contribution in [3.05, 3.63) is 10.8 Å². The molecule has 0 amide bonds. The summed E-state index contributed by atoms with van der Waals surface area (Å²) in [6.07, 6.45) is 1.60. The highest BCUT2D eigenvalue weighted by Crippen LogP contribution is 2.35. The van der Waals surface area contributed by atoms with Crippen molar-refractivity contribution in [3.8, 4) is 11.5 Å². The van der Waals surface area contributed by atoms with Gasteiger partial charge in [-0.3, -0.25) is 0 Å². The third kappa shape index (κ3) is 3.61. The van der Waals surface area contributed by atoms with Crippen LogP contribution in [0, 0.1) is 0 Å². The molecule has 2 rings (SSSR count). The quantitative estimate of drug-likeness (QED) is 0.788. The van der Waals surface area contributed by atoms with E-state index in [0.29, 0.717) is 13.2 Å². The van der Waals surface area contributed by atoms with E-state index in [1.165, 1.54) is 0 Å². The number of rotatable bonds is 6. The highest BCUT2D eigenvalue weighted by atomic mass is 32.1. The number of thiophene rings is 1. The van der Waals surface area contributed by atoms with Crippen LogP contribution in [0.3, 0.4) is 0 Å². The Morgan fingerprint density at radius 1 is 1.53 bits per heavy atom. The van der Waals surface area contributed by atoms with Crippen molar-refractivity contribution in [1.29, 1.82) is 0 Å². The van der Waals surface area contributed by atoms with Crippen molar-refractivity contribution in [2.45, 2.75) is 18.9 Å². The summed E-state index contributed by atoms with van der Waals surface area (Å²) in [4.78, 5) is 10.2. The van der Waals surface area contributed by atoms with Crippen LogP contribution in [0.1, 0.15) is 12.8 Å². The second-order valence-corrected chi connectivity index (χ2v) is 4.48. The van der Waals surface area contributed by atoms with Crippen LogP contribution in [0.25, 0.3) is 0 Å². The van der Waals surface area contributed by atoms with Crippen molar-refractivity contribution < 1.29 is 24.1 Å². The standard InChI is InChI=1S/C11H14O5S/c12-11(13)5-14-3-1-2-8-4-15-9-6-17-7-10(9)16-8/h6-8H,1-5H2,(H,12,13). The maximum atomic E-state index is 10.2. The van der Waals surface area contributed by atoms with E-state index in [-0.39, 0.29) is 12.7 Å². The molecule has 0 radical (unpaired) electrons. The van der Waals surface area contributed by atoms with E-state index in [0.717, 1.165) is 24.3 Å². The molecule has 1 atom stereocenters. The summed E-state index contributed by atoms with van der Waals surface area (Å²) < 4.78 is 16.2. The summed E-state index contributed by atoms with van der Waals surface area (Å²) >= 11 is 1.55. The highest BCUT2D eigenvalue weighted by molar-refractivity contribution is 7.08. The molecule has 1 aliphatic heterocycles. The van der Waals surface area contributed by atoms with E-state index in [4.69, 9.17) is 19.3 Å². The molecule has 0 bridgehead atoms. The maximum absolute atomic E-state index is 10.2. The summed E-state index contributed by atoms with van der Waals surface area (Å²) in [6, 6.07) is 0. The number of hydrogen-bond donors (Lipinski definition) is 1. The van der Waals surface area contributed by atoms with E-state index >= 15 is 0 Å². The van der Waals surface area contributed by atoms with E-state index in [1.807, 2.05) is 10.8 Å². The van der Waals surface area contributed by atoms with Crippen LogP contribution in [-0.4, -0.2) is 37.0 Å². The number of aliphatic carboxylic acids is 1. The number of carboxylic acids is 1. The van der Waals surface area contributed by atoms with Gasteiger partial charge in [-0.15, -0.1) is 11.3 Å². The van der Waals surface area contributed by atoms with Crippen molar-refractivity contribution in [2.24, 2.45) is 0 Å². The molecule has 0 saturated heterocycles. The Balaban J connectivity index is 1.63. The number of carboxylic acid groups (broad SMARTS) is 1. The zero-order valence-corrected chi connectivity index (χ0v) is 10.1. The molecule has 0 fully saturated rings. The molecule has 1 unspecified atom stereocenters. The molecule has 2 heterocycles. The Kier molecular flexibility index (Phi) is 4.22. The molecular formula is C11H14O5S. The minimum Gasteiger partial charge on any atom is -0.485 e. The van der Waals surface area contributed by atoms with Gasteiger partial charge in [0.05, 0.1) is 0 Å². The van der Waals surface area contributed by atoms with Gasteiger partial charge >= 0.3 is 5.97 Å². The SMILES string of the molecule is O=C(O)COCCCC1COc2cscc2O1. The first-order valence-corrected chi connectivity index (χ1v) is 6.35. The van der Waals surface area contributed by atoms with Gasteiger partial charge in [0.15, 0.2) is 11.5 Å². The summed E-state index contributed by atoms with van der Waals surface area (Å²) in [7, 11) is 0. The summed E-state index contributed by atoms with van der Waals surface area (Å²) in [5, 5.41) is 12.2.